The largest absolute Gasteiger partial charge is 0.481 e. The summed E-state index contributed by atoms with van der Waals surface area (Å²) in [6, 6.07) is 22.2. The summed E-state index contributed by atoms with van der Waals surface area (Å²) in [5.74, 6) is -0.678. The summed E-state index contributed by atoms with van der Waals surface area (Å²) in [4.78, 5) is 6.77. The van der Waals surface area contributed by atoms with Gasteiger partial charge in [0.05, 0.1) is 12.6 Å². The molecule has 0 aliphatic rings. The average molecular weight is 649 g/mol. The number of methoxy groups -OCH3 is 1. The number of ether oxygens (including phenoxy) is 1. The molecule has 3 aromatic carbocycles. The summed E-state index contributed by atoms with van der Waals surface area (Å²) < 4.78 is 23.0. The summed E-state index contributed by atoms with van der Waals surface area (Å²) in [6.07, 6.45) is 0.302. The van der Waals surface area contributed by atoms with Crippen molar-refractivity contribution >= 4 is 49.4 Å². The van der Waals surface area contributed by atoms with Gasteiger partial charge in [0, 0.05) is 37.0 Å². The second-order valence-corrected chi connectivity index (χ2v) is 10.9. The van der Waals surface area contributed by atoms with E-state index in [1.54, 1.807) is 25.3 Å². The highest BCUT2D eigenvalue weighted by Crippen LogP contribution is 2.49. The van der Waals surface area contributed by atoms with Crippen LogP contribution >= 0.6 is 38.5 Å². The van der Waals surface area contributed by atoms with Crippen molar-refractivity contribution in [2.45, 2.75) is 17.9 Å². The lowest BCUT2D eigenvalue weighted by atomic mass is 9.71. The molecular weight excluding hydrogens is 622 g/mol. The SMILES string of the molecule is COc1nc2ccc(Br)cc2cc1C(c1ccccc1I)C(O)(CCN(C)C)c1ccccc1F. The number of pyridine rings is 1. The fraction of sp³-hybridized carbons (Fsp3) is 0.250. The van der Waals surface area contributed by atoms with Gasteiger partial charge in [0.25, 0.3) is 0 Å². The second kappa shape index (κ2) is 10.9. The number of rotatable bonds is 8. The zero-order chi connectivity index (χ0) is 25.2. The predicted molar refractivity (Wildman–Crippen MR) is 150 cm³/mol. The molecule has 0 spiro atoms. The molecule has 1 aromatic heterocycles. The van der Waals surface area contributed by atoms with Crippen molar-refractivity contribution < 1.29 is 14.2 Å². The number of benzene rings is 3. The number of halogens is 3. The number of fused-ring (bicyclic) bond motifs is 1. The summed E-state index contributed by atoms with van der Waals surface area (Å²) in [5.41, 5.74) is 1.03. The van der Waals surface area contributed by atoms with Gasteiger partial charge in [0.15, 0.2) is 0 Å². The zero-order valence-corrected chi connectivity index (χ0v) is 23.5. The van der Waals surface area contributed by atoms with Crippen LogP contribution in [0.1, 0.15) is 29.0 Å². The van der Waals surface area contributed by atoms with E-state index < -0.39 is 17.3 Å². The molecule has 0 radical (unpaired) electrons. The molecule has 182 valence electrons. The van der Waals surface area contributed by atoms with E-state index in [0.29, 0.717) is 24.4 Å². The molecule has 2 unspecified atom stereocenters. The Bertz CT molecular complexity index is 1350. The van der Waals surface area contributed by atoms with Crippen molar-refractivity contribution in [3.8, 4) is 5.88 Å². The van der Waals surface area contributed by atoms with Crippen LogP contribution in [0.4, 0.5) is 4.39 Å². The molecule has 0 aliphatic carbocycles. The van der Waals surface area contributed by atoms with Crippen molar-refractivity contribution in [3.05, 3.63) is 103 Å². The lowest BCUT2D eigenvalue weighted by molar-refractivity contribution is 0.000440. The maximum Gasteiger partial charge on any atom is 0.217 e. The molecule has 2 atom stereocenters. The van der Waals surface area contributed by atoms with Crippen LogP contribution in [-0.2, 0) is 5.60 Å². The number of aromatic nitrogens is 1. The Labute approximate surface area is 227 Å². The Morgan fingerprint density at radius 1 is 1.06 bits per heavy atom. The fourth-order valence-electron chi connectivity index (χ4n) is 4.55. The van der Waals surface area contributed by atoms with Crippen LogP contribution < -0.4 is 4.74 Å². The molecule has 4 aromatic rings. The van der Waals surface area contributed by atoms with Crippen LogP contribution in [0.15, 0.2) is 77.3 Å². The monoisotopic (exact) mass is 648 g/mol. The van der Waals surface area contributed by atoms with E-state index >= 15 is 4.39 Å². The summed E-state index contributed by atoms with van der Waals surface area (Å²) in [5, 5.41) is 13.5. The highest BCUT2D eigenvalue weighted by Gasteiger charge is 2.44. The molecule has 0 fully saturated rings. The molecule has 4 nitrogen and oxygen atoms in total. The van der Waals surface area contributed by atoms with Gasteiger partial charge in [-0.05, 0) is 85.1 Å². The summed E-state index contributed by atoms with van der Waals surface area (Å²) >= 11 is 5.82. The van der Waals surface area contributed by atoms with Crippen molar-refractivity contribution in [3.63, 3.8) is 0 Å². The van der Waals surface area contributed by atoms with Gasteiger partial charge >= 0.3 is 0 Å². The molecule has 1 heterocycles. The maximum atomic E-state index is 15.4. The second-order valence-electron chi connectivity index (χ2n) is 8.84. The van der Waals surface area contributed by atoms with E-state index in [4.69, 9.17) is 9.72 Å². The first kappa shape index (κ1) is 26.0. The van der Waals surface area contributed by atoms with Crippen LogP contribution in [0.5, 0.6) is 5.88 Å². The quantitative estimate of drug-likeness (QED) is 0.216. The minimum atomic E-state index is -1.58. The van der Waals surface area contributed by atoms with E-state index in [1.165, 1.54) is 6.07 Å². The average Bonchev–Trinajstić information content (AvgIpc) is 2.84. The molecule has 7 heteroatoms. The first-order valence-corrected chi connectivity index (χ1v) is 13.1. The fourth-order valence-corrected chi connectivity index (χ4v) is 5.63. The van der Waals surface area contributed by atoms with Crippen LogP contribution in [0.25, 0.3) is 10.9 Å². The van der Waals surface area contributed by atoms with E-state index in [0.717, 1.165) is 24.5 Å². The van der Waals surface area contributed by atoms with Gasteiger partial charge in [0.2, 0.25) is 5.88 Å². The van der Waals surface area contributed by atoms with Crippen molar-refractivity contribution in [2.75, 3.05) is 27.7 Å². The van der Waals surface area contributed by atoms with E-state index in [-0.39, 0.29) is 5.56 Å². The Morgan fingerprint density at radius 3 is 2.46 bits per heavy atom. The van der Waals surface area contributed by atoms with Crippen molar-refractivity contribution in [1.82, 2.24) is 9.88 Å². The molecule has 0 aliphatic heterocycles. The van der Waals surface area contributed by atoms with E-state index in [1.807, 2.05) is 67.5 Å². The Balaban J connectivity index is 2.07. The highest BCUT2D eigenvalue weighted by atomic mass is 127. The van der Waals surface area contributed by atoms with Crippen molar-refractivity contribution in [1.29, 1.82) is 0 Å². The third-order valence-corrected chi connectivity index (χ3v) is 7.72. The first-order chi connectivity index (χ1) is 16.7. The smallest absolute Gasteiger partial charge is 0.217 e. The molecule has 0 amide bonds. The lowest BCUT2D eigenvalue weighted by Crippen LogP contribution is -2.39. The van der Waals surface area contributed by atoms with Gasteiger partial charge in [-0.3, -0.25) is 0 Å². The lowest BCUT2D eigenvalue weighted by Gasteiger charge is -2.39. The van der Waals surface area contributed by atoms with E-state index in [9.17, 15) is 5.11 Å². The molecule has 1 N–H and O–H groups in total. The molecule has 0 saturated carbocycles. The molecule has 0 saturated heterocycles. The molecule has 35 heavy (non-hydrogen) atoms. The predicted octanol–water partition coefficient (Wildman–Crippen LogP) is 6.72. The zero-order valence-electron chi connectivity index (χ0n) is 19.8. The van der Waals surface area contributed by atoms with Crippen LogP contribution in [0, 0.1) is 9.39 Å². The minimum absolute atomic E-state index is 0.253. The van der Waals surface area contributed by atoms with Crippen LogP contribution in [-0.4, -0.2) is 42.7 Å². The minimum Gasteiger partial charge on any atom is -0.481 e. The van der Waals surface area contributed by atoms with Crippen LogP contribution in [0.3, 0.4) is 0 Å². The van der Waals surface area contributed by atoms with Gasteiger partial charge in [0.1, 0.15) is 11.4 Å². The summed E-state index contributed by atoms with van der Waals surface area (Å²) in [7, 11) is 5.46. The maximum absolute atomic E-state index is 15.4. The van der Waals surface area contributed by atoms with E-state index in [2.05, 4.69) is 38.5 Å². The topological polar surface area (TPSA) is 45.6 Å². The Morgan fingerprint density at radius 2 is 1.77 bits per heavy atom. The molecular formula is C28H27BrFIN2O2. The molecule has 4 rings (SSSR count). The number of nitrogens with zero attached hydrogens (tertiary/aromatic N) is 2. The Kier molecular flexibility index (Phi) is 8.10. The van der Waals surface area contributed by atoms with Gasteiger partial charge in [-0.25, -0.2) is 9.37 Å². The number of aliphatic hydroxyl groups is 1. The number of hydrogen-bond donors (Lipinski definition) is 1. The third kappa shape index (κ3) is 5.38. The van der Waals surface area contributed by atoms with Gasteiger partial charge in [-0.2, -0.15) is 0 Å². The molecule has 0 bridgehead atoms. The van der Waals surface area contributed by atoms with Gasteiger partial charge in [-0.1, -0.05) is 52.3 Å². The standard InChI is InChI=1S/C28H27BrFIN2O2/c1-33(2)15-14-28(34,22-9-5-6-10-23(22)30)26(20-8-4-7-11-24(20)31)21-17-18-16-19(29)12-13-25(18)32-27(21)35-3/h4-13,16-17,26,34H,14-15H2,1-3H3. The normalized spacial score (nSPS) is 14.2. The highest BCUT2D eigenvalue weighted by molar-refractivity contribution is 14.1. The first-order valence-electron chi connectivity index (χ1n) is 11.3. The van der Waals surface area contributed by atoms with Gasteiger partial charge < -0.3 is 14.7 Å². The Hall–Kier alpha value is -2.07. The summed E-state index contributed by atoms with van der Waals surface area (Å²) in [6.45, 7) is 0.555. The number of hydrogen-bond acceptors (Lipinski definition) is 4. The van der Waals surface area contributed by atoms with Gasteiger partial charge in [-0.15, -0.1) is 0 Å². The van der Waals surface area contributed by atoms with Crippen molar-refractivity contribution in [2.24, 2.45) is 0 Å². The third-order valence-electron chi connectivity index (χ3n) is 6.25. The van der Waals surface area contributed by atoms with Crippen LogP contribution in [0.2, 0.25) is 0 Å².